The van der Waals surface area contributed by atoms with Crippen LogP contribution in [0.25, 0.3) is 0 Å². The van der Waals surface area contributed by atoms with Gasteiger partial charge in [0.1, 0.15) is 0 Å². The van der Waals surface area contributed by atoms with E-state index in [4.69, 9.17) is 5.11 Å². The molecular weight excluding hydrogens is 428 g/mol. The minimum absolute atomic E-state index is 0.800. The summed E-state index contributed by atoms with van der Waals surface area (Å²) in [6.07, 6.45) is 38.6. The summed E-state index contributed by atoms with van der Waals surface area (Å²) in [5.74, 6) is 1.25. The van der Waals surface area contributed by atoms with E-state index in [2.05, 4.69) is 16.8 Å². The fourth-order valence-corrected chi connectivity index (χ4v) is 5.38. The highest BCUT2D eigenvalue weighted by molar-refractivity contribution is 5.83. The van der Waals surface area contributed by atoms with Crippen molar-refractivity contribution in [2.24, 2.45) is 4.99 Å². The average Bonchev–Trinajstić information content (AvgIpc) is 3.32. The Morgan fingerprint density at radius 3 is 1.34 bits per heavy atom. The van der Waals surface area contributed by atoms with Gasteiger partial charge < -0.3 is 10.0 Å². The Kier molecular flexibility index (Phi) is 23.9. The van der Waals surface area contributed by atoms with E-state index in [1.54, 1.807) is 6.08 Å². The van der Waals surface area contributed by atoms with E-state index >= 15 is 0 Å². The van der Waals surface area contributed by atoms with Crippen LogP contribution in [-0.4, -0.2) is 35.5 Å². The van der Waals surface area contributed by atoms with Gasteiger partial charge in [-0.2, -0.15) is 0 Å². The first-order valence-corrected chi connectivity index (χ1v) is 16.0. The van der Waals surface area contributed by atoms with Gasteiger partial charge in [0.25, 0.3) is 0 Å². The van der Waals surface area contributed by atoms with Crippen LogP contribution in [0.3, 0.4) is 0 Å². The van der Waals surface area contributed by atoms with E-state index in [9.17, 15) is 0 Å². The van der Waals surface area contributed by atoms with Crippen molar-refractivity contribution in [1.82, 2.24) is 4.90 Å². The molecule has 1 N–H and O–H groups in total. The molecule has 0 fully saturated rings. The molecule has 0 spiro atoms. The summed E-state index contributed by atoms with van der Waals surface area (Å²) in [5.41, 5.74) is 0. The van der Waals surface area contributed by atoms with Crippen LogP contribution in [0.2, 0.25) is 0 Å². The van der Waals surface area contributed by atoms with E-state index in [0.717, 1.165) is 32.3 Å². The van der Waals surface area contributed by atoms with Crippen LogP contribution in [0.1, 0.15) is 167 Å². The molecule has 0 aromatic carbocycles. The third kappa shape index (κ3) is 20.9. The summed E-state index contributed by atoms with van der Waals surface area (Å²) in [6.45, 7) is 5.04. The largest absolute Gasteiger partial charge is 0.516 e. The molecule has 0 saturated carbocycles. The summed E-state index contributed by atoms with van der Waals surface area (Å²) in [6, 6.07) is 0. The molecule has 0 radical (unpaired) electrons. The van der Waals surface area contributed by atoms with Gasteiger partial charge in [-0.3, -0.25) is 4.99 Å². The van der Waals surface area contributed by atoms with Crippen molar-refractivity contribution in [2.75, 3.05) is 19.6 Å². The van der Waals surface area contributed by atoms with Gasteiger partial charge in [-0.15, -0.1) is 0 Å². The number of aliphatic hydroxyl groups excluding tert-OH is 1. The van der Waals surface area contributed by atoms with Crippen LogP contribution >= 0.6 is 0 Å². The average molecular weight is 491 g/mol. The molecule has 3 heteroatoms. The lowest BCUT2D eigenvalue weighted by Gasteiger charge is -2.18. The Labute approximate surface area is 220 Å². The van der Waals surface area contributed by atoms with E-state index < -0.39 is 0 Å². The molecule has 0 saturated heterocycles. The molecular formula is C32H62N2O. The van der Waals surface area contributed by atoms with Crippen molar-refractivity contribution < 1.29 is 5.11 Å². The molecule has 0 unspecified atom stereocenters. The smallest absolute Gasteiger partial charge is 0.0993 e. The standard InChI is InChI=1S/C32H62N2O/c1-2-3-4-5-6-7-8-9-10-11-12-13-14-15-16-17-18-19-20-21-22-23-24-25-27-32-33-28-30-34(32)29-26-31-35/h26,31,35H,2-25,27-30H2,1H3. The summed E-state index contributed by atoms with van der Waals surface area (Å²) in [5, 5.41) is 8.84. The lowest BCUT2D eigenvalue weighted by molar-refractivity contribution is 0.453. The zero-order valence-corrected chi connectivity index (χ0v) is 23.8. The van der Waals surface area contributed by atoms with Crippen molar-refractivity contribution in [3.05, 3.63) is 12.3 Å². The highest BCUT2D eigenvalue weighted by Gasteiger charge is 2.14. The Bertz CT molecular complexity index is 488. The number of aliphatic hydroxyl groups is 1. The van der Waals surface area contributed by atoms with Crippen molar-refractivity contribution >= 4 is 5.84 Å². The Balaban J connectivity index is 1.69. The van der Waals surface area contributed by atoms with Crippen molar-refractivity contribution in [1.29, 1.82) is 0 Å². The molecule has 0 aromatic heterocycles. The number of rotatable bonds is 27. The topological polar surface area (TPSA) is 35.8 Å². The maximum atomic E-state index is 8.84. The molecule has 35 heavy (non-hydrogen) atoms. The Morgan fingerprint density at radius 2 is 0.971 bits per heavy atom. The monoisotopic (exact) mass is 490 g/mol. The lowest BCUT2D eigenvalue weighted by atomic mass is 10.0. The Morgan fingerprint density at radius 1 is 0.600 bits per heavy atom. The van der Waals surface area contributed by atoms with Gasteiger partial charge in [-0.05, 0) is 12.5 Å². The first kappa shape index (κ1) is 32.0. The Hall–Kier alpha value is -0.990. The predicted octanol–water partition coefficient (Wildman–Crippen LogP) is 10.5. The maximum Gasteiger partial charge on any atom is 0.0993 e. The van der Waals surface area contributed by atoms with Crippen LogP contribution in [0.4, 0.5) is 0 Å². The second kappa shape index (κ2) is 26.1. The highest BCUT2D eigenvalue weighted by atomic mass is 16.2. The minimum Gasteiger partial charge on any atom is -0.516 e. The zero-order chi connectivity index (χ0) is 25.1. The maximum absolute atomic E-state index is 8.84. The summed E-state index contributed by atoms with van der Waals surface area (Å²) in [4.78, 5) is 6.92. The van der Waals surface area contributed by atoms with Crippen LogP contribution in [0, 0.1) is 0 Å². The molecule has 0 aromatic rings. The van der Waals surface area contributed by atoms with Gasteiger partial charge in [0.2, 0.25) is 0 Å². The van der Waals surface area contributed by atoms with Crippen molar-refractivity contribution in [3.63, 3.8) is 0 Å². The molecule has 0 atom stereocenters. The first-order valence-electron chi connectivity index (χ1n) is 16.0. The molecule has 1 rings (SSSR count). The molecule has 3 nitrogen and oxygen atoms in total. The molecule has 1 aliphatic heterocycles. The van der Waals surface area contributed by atoms with E-state index in [-0.39, 0.29) is 0 Å². The fourth-order valence-electron chi connectivity index (χ4n) is 5.38. The second-order valence-electron chi connectivity index (χ2n) is 11.0. The molecule has 0 aliphatic carbocycles. The minimum atomic E-state index is 0.800. The number of hydrogen-bond acceptors (Lipinski definition) is 3. The number of nitrogens with zero attached hydrogens (tertiary/aromatic N) is 2. The van der Waals surface area contributed by atoms with Crippen molar-refractivity contribution in [2.45, 2.75) is 167 Å². The van der Waals surface area contributed by atoms with Crippen LogP contribution in [0.15, 0.2) is 17.3 Å². The molecule has 206 valence electrons. The second-order valence-corrected chi connectivity index (χ2v) is 11.0. The van der Waals surface area contributed by atoms with Gasteiger partial charge in [0.05, 0.1) is 18.6 Å². The first-order chi connectivity index (χ1) is 17.4. The van der Waals surface area contributed by atoms with Gasteiger partial charge in [-0.25, -0.2) is 0 Å². The summed E-state index contributed by atoms with van der Waals surface area (Å²) >= 11 is 0. The summed E-state index contributed by atoms with van der Waals surface area (Å²) in [7, 11) is 0. The van der Waals surface area contributed by atoms with Crippen LogP contribution in [-0.2, 0) is 0 Å². The van der Waals surface area contributed by atoms with Gasteiger partial charge >= 0.3 is 0 Å². The van der Waals surface area contributed by atoms with Crippen LogP contribution < -0.4 is 0 Å². The van der Waals surface area contributed by atoms with E-state index in [1.165, 1.54) is 160 Å². The number of hydrogen-bond donors (Lipinski definition) is 1. The van der Waals surface area contributed by atoms with E-state index in [1.807, 2.05) is 0 Å². The van der Waals surface area contributed by atoms with Crippen molar-refractivity contribution in [3.8, 4) is 0 Å². The lowest BCUT2D eigenvalue weighted by Crippen LogP contribution is -2.27. The van der Waals surface area contributed by atoms with Gasteiger partial charge in [0.15, 0.2) is 0 Å². The molecule has 0 amide bonds. The quantitative estimate of drug-likeness (QED) is 0.0917. The number of aliphatic imine (C=N–C) groups is 1. The molecule has 1 aliphatic rings. The number of unbranched alkanes of at least 4 members (excludes halogenated alkanes) is 23. The number of amidine groups is 1. The molecule has 1 heterocycles. The highest BCUT2D eigenvalue weighted by Crippen LogP contribution is 2.16. The normalized spacial score (nSPS) is 13.9. The fraction of sp³-hybridized carbons (Fsp3) is 0.906. The molecule has 0 bridgehead atoms. The van der Waals surface area contributed by atoms with Gasteiger partial charge in [-0.1, -0.05) is 155 Å². The SMILES string of the molecule is CCCCCCCCCCCCCCCCCCCCCCCCCCC1=NCCN1CC=CO. The van der Waals surface area contributed by atoms with E-state index in [0.29, 0.717) is 0 Å². The third-order valence-corrected chi connectivity index (χ3v) is 7.71. The van der Waals surface area contributed by atoms with Gasteiger partial charge in [0, 0.05) is 19.5 Å². The summed E-state index contributed by atoms with van der Waals surface area (Å²) < 4.78 is 0. The predicted molar refractivity (Wildman–Crippen MR) is 157 cm³/mol. The third-order valence-electron chi connectivity index (χ3n) is 7.71. The van der Waals surface area contributed by atoms with Crippen LogP contribution in [0.5, 0.6) is 0 Å². The zero-order valence-electron chi connectivity index (χ0n) is 23.8.